The molecule has 3 aromatic rings. The van der Waals surface area contributed by atoms with Crippen molar-refractivity contribution in [2.24, 2.45) is 5.92 Å². The molecule has 5 rings (SSSR count). The minimum Gasteiger partial charge on any atom is -0.420 e. The first-order valence-corrected chi connectivity index (χ1v) is 12.0. The monoisotopic (exact) mass is 511 g/mol. The summed E-state index contributed by atoms with van der Waals surface area (Å²) >= 11 is 0. The first-order chi connectivity index (χ1) is 17.7. The molecule has 10 heteroatoms. The molecule has 0 radical (unpaired) electrons. The van der Waals surface area contributed by atoms with E-state index in [0.717, 1.165) is 12.3 Å². The fourth-order valence-electron chi connectivity index (χ4n) is 5.24. The van der Waals surface area contributed by atoms with Gasteiger partial charge in [-0.2, -0.15) is 5.10 Å². The quantitative estimate of drug-likeness (QED) is 0.480. The number of esters is 1. The van der Waals surface area contributed by atoms with Crippen molar-refractivity contribution in [2.75, 3.05) is 6.54 Å². The van der Waals surface area contributed by atoms with Crippen LogP contribution in [0, 0.1) is 23.4 Å². The van der Waals surface area contributed by atoms with Crippen molar-refractivity contribution in [3.63, 3.8) is 0 Å². The van der Waals surface area contributed by atoms with Crippen LogP contribution in [0.4, 0.5) is 13.2 Å². The highest BCUT2D eigenvalue weighted by molar-refractivity contribution is 5.97. The van der Waals surface area contributed by atoms with E-state index < -0.39 is 64.4 Å². The number of benzene rings is 2. The van der Waals surface area contributed by atoms with Gasteiger partial charge in [-0.3, -0.25) is 14.4 Å². The van der Waals surface area contributed by atoms with E-state index in [-0.39, 0.29) is 11.3 Å². The molecule has 3 atom stereocenters. The Morgan fingerprint density at radius 3 is 2.51 bits per heavy atom. The third-order valence-electron chi connectivity index (χ3n) is 6.97. The van der Waals surface area contributed by atoms with Crippen LogP contribution in [0.5, 0.6) is 5.75 Å². The Balaban J connectivity index is 1.78. The molecule has 37 heavy (non-hydrogen) atoms. The Bertz CT molecular complexity index is 1440. The maximum atomic E-state index is 15.3. The van der Waals surface area contributed by atoms with Gasteiger partial charge in [0.1, 0.15) is 5.82 Å². The summed E-state index contributed by atoms with van der Waals surface area (Å²) in [5.41, 5.74) is -0.525. The van der Waals surface area contributed by atoms with Gasteiger partial charge in [0.2, 0.25) is 11.2 Å². The van der Waals surface area contributed by atoms with E-state index in [4.69, 9.17) is 4.74 Å². The number of aromatic nitrogens is 2. The second kappa shape index (κ2) is 9.49. The molecule has 7 nitrogen and oxygen atoms in total. The third-order valence-corrected chi connectivity index (χ3v) is 6.97. The van der Waals surface area contributed by atoms with Crippen molar-refractivity contribution in [3.8, 4) is 5.75 Å². The number of nitrogens with zero attached hydrogens (tertiary/aromatic N) is 3. The van der Waals surface area contributed by atoms with Gasteiger partial charge in [-0.05, 0) is 36.6 Å². The normalized spacial score (nSPS) is 19.5. The molecule has 1 amide bonds. The van der Waals surface area contributed by atoms with Crippen molar-refractivity contribution >= 4 is 11.9 Å². The molecular formula is C27H24F3N3O4. The van der Waals surface area contributed by atoms with E-state index in [2.05, 4.69) is 5.10 Å². The Kier molecular flexibility index (Phi) is 6.35. The summed E-state index contributed by atoms with van der Waals surface area (Å²) in [6, 6.07) is 7.90. The lowest BCUT2D eigenvalue weighted by molar-refractivity contribution is -0.137. The molecule has 1 fully saturated rings. The Labute approximate surface area is 210 Å². The van der Waals surface area contributed by atoms with E-state index in [1.807, 2.05) is 0 Å². The highest BCUT2D eigenvalue weighted by atomic mass is 19.2. The number of amides is 1. The maximum Gasteiger partial charge on any atom is 0.313 e. The number of carbonyl (C=O) groups excluding carboxylic acids is 2. The zero-order valence-electron chi connectivity index (χ0n) is 20.2. The summed E-state index contributed by atoms with van der Waals surface area (Å²) in [7, 11) is 0. The summed E-state index contributed by atoms with van der Waals surface area (Å²) in [5.74, 6) is -5.82. The van der Waals surface area contributed by atoms with Gasteiger partial charge in [0.15, 0.2) is 17.3 Å². The number of halogens is 3. The van der Waals surface area contributed by atoms with Gasteiger partial charge in [0.25, 0.3) is 5.91 Å². The molecule has 1 saturated heterocycles. The van der Waals surface area contributed by atoms with E-state index >= 15 is 4.39 Å². The lowest BCUT2D eigenvalue weighted by Gasteiger charge is -2.42. The van der Waals surface area contributed by atoms with E-state index in [1.165, 1.54) is 41.1 Å². The molecule has 0 aliphatic carbocycles. The van der Waals surface area contributed by atoms with Crippen molar-refractivity contribution in [1.82, 2.24) is 14.7 Å². The number of fused-ring (bicyclic) bond motifs is 2. The van der Waals surface area contributed by atoms with Crippen LogP contribution in [0.25, 0.3) is 0 Å². The Hall–Kier alpha value is -3.95. The molecule has 2 aliphatic heterocycles. The Morgan fingerprint density at radius 2 is 1.81 bits per heavy atom. The fraction of sp³-hybridized carbons (Fsp3) is 0.333. The highest BCUT2D eigenvalue weighted by Crippen LogP contribution is 2.46. The average molecular weight is 512 g/mol. The van der Waals surface area contributed by atoms with Crippen LogP contribution in [0.2, 0.25) is 0 Å². The van der Waals surface area contributed by atoms with Gasteiger partial charge in [-0.15, -0.1) is 0 Å². The molecule has 0 spiro atoms. The highest BCUT2D eigenvalue weighted by Gasteiger charge is 2.49. The minimum absolute atomic E-state index is 0.00928. The molecule has 0 saturated carbocycles. The van der Waals surface area contributed by atoms with Crippen molar-refractivity contribution < 1.29 is 27.5 Å². The van der Waals surface area contributed by atoms with E-state index in [9.17, 15) is 23.2 Å². The third kappa shape index (κ3) is 4.20. The smallest absolute Gasteiger partial charge is 0.313 e. The first kappa shape index (κ1) is 24.7. The molecule has 2 aromatic carbocycles. The van der Waals surface area contributed by atoms with Crippen LogP contribution in [0.1, 0.15) is 60.3 Å². The fourth-order valence-corrected chi connectivity index (χ4v) is 5.24. The number of hydrogen-bond donors (Lipinski definition) is 0. The molecule has 3 heterocycles. The lowest BCUT2D eigenvalue weighted by Crippen LogP contribution is -2.51. The van der Waals surface area contributed by atoms with Crippen molar-refractivity contribution in [2.45, 2.75) is 44.7 Å². The van der Waals surface area contributed by atoms with E-state index in [1.54, 1.807) is 18.7 Å². The SMILES string of the molecule is CC(C)C(=O)Oc1c2n(ncc1=O)[C@@H]([C@H](c1ccc(F)cc1)c1cccc(F)c1F)[C@H]1CCCN1C2=O. The van der Waals surface area contributed by atoms with Crippen LogP contribution in [0.3, 0.4) is 0 Å². The van der Waals surface area contributed by atoms with Crippen LogP contribution in [-0.2, 0) is 4.79 Å². The van der Waals surface area contributed by atoms with Crippen molar-refractivity contribution in [3.05, 3.63) is 93.2 Å². The Morgan fingerprint density at radius 1 is 1.08 bits per heavy atom. The lowest BCUT2D eigenvalue weighted by atomic mass is 9.79. The number of carbonyl (C=O) groups is 2. The largest absolute Gasteiger partial charge is 0.420 e. The average Bonchev–Trinajstić information content (AvgIpc) is 3.36. The maximum absolute atomic E-state index is 15.3. The molecular weight excluding hydrogens is 487 g/mol. The second-order valence-electron chi connectivity index (χ2n) is 9.58. The minimum atomic E-state index is -1.08. The standard InChI is InChI=1S/C27H24F3N3O4/c1-14(2)27(36)37-25-20(34)13-31-33-23(19-7-4-12-32(19)26(35)24(25)33)21(15-8-10-16(28)11-9-15)17-5-3-6-18(29)22(17)30/h3,5-6,8-11,13-14,19,21,23H,4,7,12H2,1-2H3/t19-,21-,23-/m1/s1. The molecule has 0 N–H and O–H groups in total. The van der Waals surface area contributed by atoms with Crippen LogP contribution in [0.15, 0.2) is 53.5 Å². The second-order valence-corrected chi connectivity index (χ2v) is 9.58. The van der Waals surface area contributed by atoms with Crippen LogP contribution in [-0.4, -0.2) is 39.1 Å². The topological polar surface area (TPSA) is 81.5 Å². The summed E-state index contributed by atoms with van der Waals surface area (Å²) in [5, 5.41) is 4.24. The van der Waals surface area contributed by atoms with Gasteiger partial charge in [0, 0.05) is 18.0 Å². The number of hydrogen-bond acceptors (Lipinski definition) is 5. The molecule has 0 bridgehead atoms. The molecule has 0 unspecified atom stereocenters. The van der Waals surface area contributed by atoms with Gasteiger partial charge >= 0.3 is 5.97 Å². The predicted molar refractivity (Wildman–Crippen MR) is 127 cm³/mol. The summed E-state index contributed by atoms with van der Waals surface area (Å²) in [6.07, 6.45) is 2.12. The predicted octanol–water partition coefficient (Wildman–Crippen LogP) is 4.21. The van der Waals surface area contributed by atoms with Crippen molar-refractivity contribution in [1.29, 1.82) is 0 Å². The molecule has 192 valence electrons. The molecule has 2 aliphatic rings. The van der Waals surface area contributed by atoms with Gasteiger partial charge < -0.3 is 9.64 Å². The van der Waals surface area contributed by atoms with Gasteiger partial charge in [0.05, 0.1) is 24.2 Å². The van der Waals surface area contributed by atoms with Gasteiger partial charge in [-0.25, -0.2) is 17.9 Å². The number of ether oxygens (including phenoxy) is 1. The van der Waals surface area contributed by atoms with E-state index in [0.29, 0.717) is 24.9 Å². The summed E-state index contributed by atoms with van der Waals surface area (Å²) in [4.78, 5) is 40.3. The number of rotatable bonds is 5. The zero-order chi connectivity index (χ0) is 26.4. The van der Waals surface area contributed by atoms with Gasteiger partial charge in [-0.1, -0.05) is 38.1 Å². The molecule has 1 aromatic heterocycles. The summed E-state index contributed by atoms with van der Waals surface area (Å²) < 4.78 is 50.2. The summed E-state index contributed by atoms with van der Waals surface area (Å²) in [6.45, 7) is 3.54. The zero-order valence-corrected chi connectivity index (χ0v) is 20.2. The van der Waals surface area contributed by atoms with Crippen LogP contribution >= 0.6 is 0 Å². The first-order valence-electron chi connectivity index (χ1n) is 12.0. The van der Waals surface area contributed by atoms with Crippen LogP contribution < -0.4 is 10.2 Å².